The van der Waals surface area contributed by atoms with Gasteiger partial charge in [-0.3, -0.25) is 14.5 Å². The number of anilines is 1. The van der Waals surface area contributed by atoms with Crippen LogP contribution >= 0.6 is 11.3 Å². The molecule has 2 aromatic rings. The van der Waals surface area contributed by atoms with Crippen LogP contribution in [-0.4, -0.2) is 34.7 Å². The molecule has 156 valence electrons. The molecule has 1 amide bonds. The largest absolute Gasteiger partial charge is 0.302 e. The van der Waals surface area contributed by atoms with Gasteiger partial charge in [-0.2, -0.15) is 0 Å². The van der Waals surface area contributed by atoms with Crippen molar-refractivity contribution in [3.63, 3.8) is 0 Å². The first-order valence-corrected chi connectivity index (χ1v) is 11.2. The van der Waals surface area contributed by atoms with Gasteiger partial charge in [0, 0.05) is 29.8 Å². The minimum atomic E-state index is -0.158. The lowest BCUT2D eigenvalue weighted by Crippen LogP contribution is -2.32. The van der Waals surface area contributed by atoms with E-state index in [0.717, 1.165) is 42.4 Å². The summed E-state index contributed by atoms with van der Waals surface area (Å²) < 4.78 is 0. The van der Waals surface area contributed by atoms with Gasteiger partial charge in [0.1, 0.15) is 0 Å². The highest BCUT2D eigenvalue weighted by Gasteiger charge is 2.19. The molecule has 1 aliphatic rings. The number of carbonyl (C=O) groups excluding carboxylic acids is 2. The van der Waals surface area contributed by atoms with Crippen LogP contribution in [0.4, 0.5) is 5.13 Å². The first-order chi connectivity index (χ1) is 13.8. The third-order valence-electron chi connectivity index (χ3n) is 5.79. The van der Waals surface area contributed by atoms with Crippen LogP contribution in [0.3, 0.4) is 0 Å². The Balaban J connectivity index is 1.50. The van der Waals surface area contributed by atoms with Gasteiger partial charge in [0.25, 0.3) is 0 Å². The van der Waals surface area contributed by atoms with Crippen LogP contribution in [0.5, 0.6) is 0 Å². The van der Waals surface area contributed by atoms with E-state index in [1.165, 1.54) is 17.7 Å². The van der Waals surface area contributed by atoms with Crippen molar-refractivity contribution < 1.29 is 9.59 Å². The molecule has 29 heavy (non-hydrogen) atoms. The summed E-state index contributed by atoms with van der Waals surface area (Å²) in [5, 5.41) is 3.50. The Morgan fingerprint density at radius 1 is 1.14 bits per heavy atom. The molecule has 0 bridgehead atoms. The topological polar surface area (TPSA) is 62.3 Å². The number of ketones is 1. The zero-order valence-electron chi connectivity index (χ0n) is 17.9. The van der Waals surface area contributed by atoms with Gasteiger partial charge in [-0.15, -0.1) is 11.3 Å². The van der Waals surface area contributed by atoms with Gasteiger partial charge in [0.15, 0.2) is 10.9 Å². The average molecular weight is 414 g/mol. The Kier molecular flexibility index (Phi) is 7.19. The second-order valence-electron chi connectivity index (χ2n) is 8.26. The van der Waals surface area contributed by atoms with Crippen molar-refractivity contribution in [2.24, 2.45) is 5.92 Å². The van der Waals surface area contributed by atoms with E-state index in [-0.39, 0.29) is 24.5 Å². The molecule has 0 saturated carbocycles. The lowest BCUT2D eigenvalue weighted by molar-refractivity contribution is -0.116. The normalized spacial score (nSPS) is 15.4. The Hall–Kier alpha value is -2.05. The van der Waals surface area contributed by atoms with E-state index in [1.807, 2.05) is 39.0 Å². The lowest BCUT2D eigenvalue weighted by atomic mass is 9.99. The predicted octanol–water partition coefficient (Wildman–Crippen LogP) is 4.90. The Morgan fingerprint density at radius 2 is 1.86 bits per heavy atom. The maximum Gasteiger partial charge on any atom is 0.226 e. The monoisotopic (exact) mass is 413 g/mol. The highest BCUT2D eigenvalue weighted by molar-refractivity contribution is 7.15. The molecule has 0 spiro atoms. The van der Waals surface area contributed by atoms with E-state index in [9.17, 15) is 9.59 Å². The Morgan fingerprint density at radius 3 is 2.55 bits per heavy atom. The van der Waals surface area contributed by atoms with Crippen molar-refractivity contribution in [2.75, 3.05) is 18.4 Å². The SMILES string of the molecule is Cc1ccc(C(=O)CCC(=O)Nc2nc(C)c(CN3CCC(C)CC3)s2)cc1C. The third kappa shape index (κ3) is 5.97. The lowest BCUT2D eigenvalue weighted by Gasteiger charge is -2.29. The summed E-state index contributed by atoms with van der Waals surface area (Å²) in [4.78, 5) is 32.9. The number of carbonyl (C=O) groups is 2. The molecule has 1 aromatic heterocycles. The number of aromatic nitrogens is 1. The molecular weight excluding hydrogens is 382 g/mol. The number of hydrogen-bond acceptors (Lipinski definition) is 5. The van der Waals surface area contributed by atoms with E-state index in [0.29, 0.717) is 10.7 Å². The summed E-state index contributed by atoms with van der Waals surface area (Å²) in [6.45, 7) is 11.5. The number of nitrogens with zero attached hydrogens (tertiary/aromatic N) is 2. The van der Waals surface area contributed by atoms with Crippen LogP contribution < -0.4 is 5.32 Å². The maximum absolute atomic E-state index is 12.4. The van der Waals surface area contributed by atoms with E-state index in [2.05, 4.69) is 22.1 Å². The zero-order valence-corrected chi connectivity index (χ0v) is 18.7. The summed E-state index contributed by atoms with van der Waals surface area (Å²) in [6, 6.07) is 5.68. The van der Waals surface area contributed by atoms with Gasteiger partial charge >= 0.3 is 0 Å². The molecule has 1 fully saturated rings. The molecule has 0 radical (unpaired) electrons. The van der Waals surface area contributed by atoms with Gasteiger partial charge in [-0.05, 0) is 69.8 Å². The number of aryl methyl sites for hydroxylation is 3. The van der Waals surface area contributed by atoms with E-state index >= 15 is 0 Å². The molecule has 3 rings (SSSR count). The molecule has 0 atom stereocenters. The fourth-order valence-electron chi connectivity index (χ4n) is 3.52. The van der Waals surface area contributed by atoms with Crippen LogP contribution in [-0.2, 0) is 11.3 Å². The van der Waals surface area contributed by atoms with E-state index in [1.54, 1.807) is 11.3 Å². The second kappa shape index (κ2) is 9.63. The second-order valence-corrected chi connectivity index (χ2v) is 9.34. The number of thiazole rings is 1. The number of likely N-dealkylation sites (tertiary alicyclic amines) is 1. The Labute approximate surface area is 177 Å². The number of nitrogens with one attached hydrogen (secondary N) is 1. The summed E-state index contributed by atoms with van der Waals surface area (Å²) in [6.07, 6.45) is 2.87. The van der Waals surface area contributed by atoms with Crippen LogP contribution in [0.1, 0.15) is 64.7 Å². The first kappa shape index (κ1) is 21.7. The summed E-state index contributed by atoms with van der Waals surface area (Å²) >= 11 is 1.55. The van der Waals surface area contributed by atoms with Gasteiger partial charge in [0.05, 0.1) is 5.69 Å². The molecule has 6 heteroatoms. The van der Waals surface area contributed by atoms with E-state index < -0.39 is 0 Å². The van der Waals surface area contributed by atoms with Gasteiger partial charge in [0.2, 0.25) is 5.91 Å². The molecule has 1 aromatic carbocycles. The van der Waals surface area contributed by atoms with Crippen LogP contribution in [0.15, 0.2) is 18.2 Å². The Bertz CT molecular complexity index is 882. The average Bonchev–Trinajstić information content (AvgIpc) is 3.02. The van der Waals surface area contributed by atoms with Crippen molar-refractivity contribution in [2.45, 2.75) is 59.9 Å². The molecular formula is C23H31N3O2S. The number of amides is 1. The van der Waals surface area contributed by atoms with Crippen molar-refractivity contribution >= 4 is 28.2 Å². The molecule has 5 nitrogen and oxygen atoms in total. The summed E-state index contributed by atoms with van der Waals surface area (Å²) in [5.74, 6) is 0.656. The fourth-order valence-corrected chi connectivity index (χ4v) is 4.54. The van der Waals surface area contributed by atoms with Crippen molar-refractivity contribution in [1.29, 1.82) is 0 Å². The number of Topliss-reactive ketones (excluding diaryl/α,β-unsaturated/α-hetero) is 1. The highest BCUT2D eigenvalue weighted by atomic mass is 32.1. The predicted molar refractivity (Wildman–Crippen MR) is 119 cm³/mol. The summed E-state index contributed by atoms with van der Waals surface area (Å²) in [5.41, 5.74) is 3.90. The summed E-state index contributed by atoms with van der Waals surface area (Å²) in [7, 11) is 0. The minimum absolute atomic E-state index is 0.00131. The van der Waals surface area contributed by atoms with Gasteiger partial charge < -0.3 is 5.32 Å². The van der Waals surface area contributed by atoms with Gasteiger partial charge in [-0.1, -0.05) is 19.1 Å². The van der Waals surface area contributed by atoms with Crippen molar-refractivity contribution in [1.82, 2.24) is 9.88 Å². The third-order valence-corrected chi connectivity index (χ3v) is 6.85. The van der Waals surface area contributed by atoms with Crippen LogP contribution in [0, 0.1) is 26.7 Å². The number of benzene rings is 1. The quantitative estimate of drug-likeness (QED) is 0.656. The molecule has 1 aliphatic heterocycles. The number of hydrogen-bond donors (Lipinski definition) is 1. The molecule has 2 heterocycles. The molecule has 1 saturated heterocycles. The molecule has 0 aliphatic carbocycles. The van der Waals surface area contributed by atoms with Crippen molar-refractivity contribution in [3.05, 3.63) is 45.5 Å². The first-order valence-electron chi connectivity index (χ1n) is 10.4. The maximum atomic E-state index is 12.4. The highest BCUT2D eigenvalue weighted by Crippen LogP contribution is 2.26. The standard InChI is InChI=1S/C23H31N3O2S/c1-15-9-11-26(12-10-15)14-21-18(4)24-23(29-21)25-22(28)8-7-20(27)19-6-5-16(2)17(3)13-19/h5-6,13,15H,7-12,14H2,1-4H3,(H,24,25,28). The number of piperidine rings is 1. The van der Waals surface area contributed by atoms with E-state index in [4.69, 9.17) is 0 Å². The minimum Gasteiger partial charge on any atom is -0.302 e. The fraction of sp³-hybridized carbons (Fsp3) is 0.522. The molecule has 1 N–H and O–H groups in total. The van der Waals surface area contributed by atoms with Crippen LogP contribution in [0.25, 0.3) is 0 Å². The van der Waals surface area contributed by atoms with Crippen molar-refractivity contribution in [3.8, 4) is 0 Å². The zero-order chi connectivity index (χ0) is 21.0. The van der Waals surface area contributed by atoms with Crippen LogP contribution in [0.2, 0.25) is 0 Å². The smallest absolute Gasteiger partial charge is 0.226 e. The molecule has 0 unspecified atom stereocenters. The number of rotatable bonds is 7. The van der Waals surface area contributed by atoms with Gasteiger partial charge in [-0.25, -0.2) is 4.98 Å².